The first-order chi connectivity index (χ1) is 11.7. The van der Waals surface area contributed by atoms with Crippen molar-refractivity contribution in [3.8, 4) is 17.4 Å². The predicted octanol–water partition coefficient (Wildman–Crippen LogP) is 2.44. The number of hydrogen-bond acceptors (Lipinski definition) is 5. The lowest BCUT2D eigenvalue weighted by atomic mass is 10.1. The molecular formula is C18H20N2O4. The highest BCUT2D eigenvalue weighted by Crippen LogP contribution is 2.25. The van der Waals surface area contributed by atoms with Crippen LogP contribution in [0.4, 0.5) is 0 Å². The van der Waals surface area contributed by atoms with Crippen LogP contribution in [0.2, 0.25) is 0 Å². The van der Waals surface area contributed by atoms with Crippen LogP contribution in [0.3, 0.4) is 0 Å². The van der Waals surface area contributed by atoms with Crippen molar-refractivity contribution < 1.29 is 19.0 Å². The number of aromatic nitrogens is 1. The zero-order valence-electron chi connectivity index (χ0n) is 13.9. The summed E-state index contributed by atoms with van der Waals surface area (Å²) in [6, 6.07) is 9.00. The molecule has 24 heavy (non-hydrogen) atoms. The summed E-state index contributed by atoms with van der Waals surface area (Å²) in [5.74, 6) is 1.67. The molecular weight excluding hydrogens is 308 g/mol. The number of carbonyl (C=O) groups is 1. The molecule has 126 valence electrons. The average molecular weight is 328 g/mol. The van der Waals surface area contributed by atoms with E-state index in [-0.39, 0.29) is 5.91 Å². The van der Waals surface area contributed by atoms with Gasteiger partial charge in [-0.25, -0.2) is 4.98 Å². The second-order valence-corrected chi connectivity index (χ2v) is 4.87. The molecule has 6 heteroatoms. The molecule has 0 aliphatic carbocycles. The van der Waals surface area contributed by atoms with Gasteiger partial charge in [0, 0.05) is 36.5 Å². The monoisotopic (exact) mass is 328 g/mol. The van der Waals surface area contributed by atoms with E-state index in [2.05, 4.69) is 10.3 Å². The van der Waals surface area contributed by atoms with Crippen molar-refractivity contribution in [3.63, 3.8) is 0 Å². The summed E-state index contributed by atoms with van der Waals surface area (Å²) >= 11 is 0. The molecule has 2 rings (SSSR count). The topological polar surface area (TPSA) is 69.7 Å². The Bertz CT molecular complexity index is 711. The summed E-state index contributed by atoms with van der Waals surface area (Å²) in [6.45, 7) is 0.389. The van der Waals surface area contributed by atoms with E-state index in [1.165, 1.54) is 6.08 Å². The summed E-state index contributed by atoms with van der Waals surface area (Å²) in [4.78, 5) is 16.0. The van der Waals surface area contributed by atoms with Crippen molar-refractivity contribution in [2.24, 2.45) is 0 Å². The molecule has 0 saturated carbocycles. The Balaban J connectivity index is 1.94. The van der Waals surface area contributed by atoms with E-state index in [9.17, 15) is 4.79 Å². The first kappa shape index (κ1) is 17.3. The number of pyridine rings is 1. The van der Waals surface area contributed by atoms with E-state index < -0.39 is 0 Å². The quantitative estimate of drug-likeness (QED) is 0.791. The van der Waals surface area contributed by atoms with Crippen molar-refractivity contribution in [2.75, 3.05) is 21.3 Å². The lowest BCUT2D eigenvalue weighted by molar-refractivity contribution is -0.116. The lowest BCUT2D eigenvalue weighted by Crippen LogP contribution is -2.20. The van der Waals surface area contributed by atoms with Crippen molar-refractivity contribution >= 4 is 12.0 Å². The number of ether oxygens (including phenoxy) is 3. The molecule has 0 atom stereocenters. The molecule has 0 radical (unpaired) electrons. The second kappa shape index (κ2) is 8.57. The van der Waals surface area contributed by atoms with Gasteiger partial charge in [-0.1, -0.05) is 6.07 Å². The number of methoxy groups -OCH3 is 3. The lowest BCUT2D eigenvalue weighted by Gasteiger charge is -2.07. The smallest absolute Gasteiger partial charge is 0.244 e. The van der Waals surface area contributed by atoms with Crippen LogP contribution in [0.15, 0.2) is 42.6 Å². The third-order valence-corrected chi connectivity index (χ3v) is 3.33. The molecule has 0 fully saturated rings. The maximum Gasteiger partial charge on any atom is 0.244 e. The molecule has 6 nitrogen and oxygen atoms in total. The van der Waals surface area contributed by atoms with Gasteiger partial charge >= 0.3 is 0 Å². The molecule has 0 unspecified atom stereocenters. The third-order valence-electron chi connectivity index (χ3n) is 3.33. The van der Waals surface area contributed by atoms with Crippen LogP contribution in [0, 0.1) is 0 Å². The normalized spacial score (nSPS) is 10.5. The fourth-order valence-corrected chi connectivity index (χ4v) is 2.01. The number of amides is 1. The molecule has 0 bridgehead atoms. The number of hydrogen-bond donors (Lipinski definition) is 1. The van der Waals surface area contributed by atoms with Gasteiger partial charge in [-0.3, -0.25) is 4.79 Å². The van der Waals surface area contributed by atoms with Crippen molar-refractivity contribution in [1.82, 2.24) is 10.3 Å². The summed E-state index contributed by atoms with van der Waals surface area (Å²) in [5, 5.41) is 2.79. The van der Waals surface area contributed by atoms with Gasteiger partial charge in [0.15, 0.2) is 0 Å². The maximum absolute atomic E-state index is 11.9. The summed E-state index contributed by atoms with van der Waals surface area (Å²) in [6.07, 6.45) is 4.82. The minimum absolute atomic E-state index is 0.205. The Morgan fingerprint density at radius 1 is 1.12 bits per heavy atom. The highest BCUT2D eigenvalue weighted by atomic mass is 16.5. The van der Waals surface area contributed by atoms with Gasteiger partial charge in [-0.2, -0.15) is 0 Å². The van der Waals surface area contributed by atoms with Crippen LogP contribution in [0.25, 0.3) is 6.08 Å². The van der Waals surface area contributed by atoms with E-state index in [1.54, 1.807) is 45.7 Å². The largest absolute Gasteiger partial charge is 0.497 e. The summed E-state index contributed by atoms with van der Waals surface area (Å²) in [7, 11) is 4.72. The van der Waals surface area contributed by atoms with Crippen LogP contribution in [-0.2, 0) is 11.3 Å². The fraction of sp³-hybridized carbons (Fsp3) is 0.222. The Morgan fingerprint density at radius 3 is 2.58 bits per heavy atom. The highest BCUT2D eigenvalue weighted by molar-refractivity contribution is 5.92. The number of rotatable bonds is 7. The van der Waals surface area contributed by atoms with Gasteiger partial charge in [0.05, 0.1) is 21.3 Å². The Hall–Kier alpha value is -3.02. The molecule has 2 aromatic rings. The van der Waals surface area contributed by atoms with Crippen LogP contribution in [0.5, 0.6) is 17.4 Å². The number of nitrogens with zero attached hydrogens (tertiary/aromatic N) is 1. The van der Waals surface area contributed by atoms with Gasteiger partial charge in [0.25, 0.3) is 0 Å². The van der Waals surface area contributed by atoms with E-state index in [0.717, 1.165) is 11.1 Å². The fourth-order valence-electron chi connectivity index (χ4n) is 2.01. The molecule has 0 saturated heterocycles. The highest BCUT2D eigenvalue weighted by Gasteiger charge is 2.03. The maximum atomic E-state index is 11.9. The second-order valence-electron chi connectivity index (χ2n) is 4.87. The molecule has 0 spiro atoms. The summed E-state index contributed by atoms with van der Waals surface area (Å²) < 4.78 is 15.4. The van der Waals surface area contributed by atoms with Crippen molar-refractivity contribution in [2.45, 2.75) is 6.54 Å². The minimum atomic E-state index is -0.205. The van der Waals surface area contributed by atoms with E-state index >= 15 is 0 Å². The molecule has 1 aromatic carbocycles. The molecule has 1 amide bonds. The van der Waals surface area contributed by atoms with E-state index in [0.29, 0.717) is 23.9 Å². The minimum Gasteiger partial charge on any atom is -0.497 e. The Morgan fingerprint density at radius 2 is 1.96 bits per heavy atom. The van der Waals surface area contributed by atoms with Crippen LogP contribution < -0.4 is 19.5 Å². The first-order valence-corrected chi connectivity index (χ1v) is 7.33. The standard InChI is InChI=1S/C18H20N2O4/c1-22-15-7-5-14(16(10-15)23-2)6-8-17(21)19-11-13-4-9-18(24-3)20-12-13/h4-10,12H,11H2,1-3H3,(H,19,21)/b8-6+. The molecule has 1 heterocycles. The number of carbonyl (C=O) groups excluding carboxylic acids is 1. The zero-order valence-corrected chi connectivity index (χ0v) is 13.9. The number of nitrogens with one attached hydrogen (secondary N) is 1. The molecule has 0 aliphatic heterocycles. The third kappa shape index (κ3) is 4.74. The molecule has 1 N–H and O–H groups in total. The van der Waals surface area contributed by atoms with Gasteiger partial charge in [0.2, 0.25) is 11.8 Å². The van der Waals surface area contributed by atoms with Crippen LogP contribution in [0.1, 0.15) is 11.1 Å². The Kier molecular flexibility index (Phi) is 6.19. The van der Waals surface area contributed by atoms with Crippen molar-refractivity contribution in [3.05, 3.63) is 53.7 Å². The van der Waals surface area contributed by atoms with Gasteiger partial charge in [-0.05, 0) is 23.8 Å². The summed E-state index contributed by atoms with van der Waals surface area (Å²) in [5.41, 5.74) is 1.68. The van der Waals surface area contributed by atoms with Gasteiger partial charge in [-0.15, -0.1) is 0 Å². The Labute approximate surface area is 141 Å². The van der Waals surface area contributed by atoms with E-state index in [4.69, 9.17) is 14.2 Å². The van der Waals surface area contributed by atoms with Gasteiger partial charge in [0.1, 0.15) is 11.5 Å². The molecule has 1 aromatic heterocycles. The average Bonchev–Trinajstić information content (AvgIpc) is 2.64. The number of benzene rings is 1. The van der Waals surface area contributed by atoms with Gasteiger partial charge < -0.3 is 19.5 Å². The first-order valence-electron chi connectivity index (χ1n) is 7.33. The van der Waals surface area contributed by atoms with Crippen molar-refractivity contribution in [1.29, 1.82) is 0 Å². The SMILES string of the molecule is COc1ccc(/C=C/C(=O)NCc2ccc(OC)nc2)c(OC)c1. The zero-order chi connectivity index (χ0) is 17.4. The van der Waals surface area contributed by atoms with Crippen LogP contribution >= 0.6 is 0 Å². The molecule has 0 aliphatic rings. The van der Waals surface area contributed by atoms with E-state index in [1.807, 2.05) is 18.2 Å². The predicted molar refractivity (Wildman–Crippen MR) is 91.2 cm³/mol. The van der Waals surface area contributed by atoms with Crippen LogP contribution in [-0.4, -0.2) is 32.2 Å².